The van der Waals surface area contributed by atoms with Crippen LogP contribution in [0, 0.1) is 12.8 Å². The van der Waals surface area contributed by atoms with Crippen LogP contribution in [-0.2, 0) is 0 Å². The number of hydrogen-bond donors (Lipinski definition) is 1. The summed E-state index contributed by atoms with van der Waals surface area (Å²) in [6.45, 7) is 9.99. The molecule has 1 N–H and O–H groups in total. The predicted octanol–water partition coefficient (Wildman–Crippen LogP) is 4.06. The maximum Gasteiger partial charge on any atom is 0.274 e. The second kappa shape index (κ2) is 8.37. The summed E-state index contributed by atoms with van der Waals surface area (Å²) in [4.78, 5) is 23.9. The summed E-state index contributed by atoms with van der Waals surface area (Å²) in [5, 5.41) is 2.90. The third kappa shape index (κ3) is 5.18. The fourth-order valence-electron chi connectivity index (χ4n) is 3.10. The lowest BCUT2D eigenvalue weighted by Crippen LogP contribution is -2.34. The number of hydrogen-bond acceptors (Lipinski definition) is 5. The van der Waals surface area contributed by atoms with Gasteiger partial charge < -0.3 is 15.0 Å². The van der Waals surface area contributed by atoms with Crippen LogP contribution in [0.1, 0.15) is 49.8 Å². The normalized spacial score (nSPS) is 15.1. The van der Waals surface area contributed by atoms with Crippen molar-refractivity contribution in [3.05, 3.63) is 41.7 Å². The molecule has 1 aromatic carbocycles. The van der Waals surface area contributed by atoms with Gasteiger partial charge in [0.05, 0.1) is 6.10 Å². The Balaban J connectivity index is 1.71. The molecule has 0 unspecified atom stereocenters. The van der Waals surface area contributed by atoms with E-state index < -0.39 is 0 Å². The van der Waals surface area contributed by atoms with Gasteiger partial charge in [0.15, 0.2) is 0 Å². The van der Waals surface area contributed by atoms with Crippen LogP contribution >= 0.6 is 0 Å². The summed E-state index contributed by atoms with van der Waals surface area (Å²) in [6.07, 6.45) is 2.37. The van der Waals surface area contributed by atoms with E-state index in [-0.39, 0.29) is 12.0 Å². The van der Waals surface area contributed by atoms with Crippen molar-refractivity contribution in [2.45, 2.75) is 46.6 Å². The number of aryl methyl sites for hydroxylation is 1. The maximum atomic E-state index is 12.7. The third-order valence-electron chi connectivity index (χ3n) is 4.63. The zero-order valence-electron chi connectivity index (χ0n) is 16.5. The molecule has 1 fully saturated rings. The molecule has 1 aliphatic rings. The number of amides is 1. The molecule has 27 heavy (non-hydrogen) atoms. The van der Waals surface area contributed by atoms with Crippen LogP contribution in [0.4, 0.5) is 11.6 Å². The highest BCUT2D eigenvalue weighted by Crippen LogP contribution is 2.21. The SMILES string of the molecule is Cc1cc(C(=O)Nc2ccc(OC(C)C)cc2)nc(N2CCC(C)CC2)n1. The Hall–Kier alpha value is -2.63. The number of piperidine rings is 1. The van der Waals surface area contributed by atoms with Gasteiger partial charge in [-0.05, 0) is 69.9 Å². The number of nitrogens with one attached hydrogen (secondary N) is 1. The predicted molar refractivity (Wildman–Crippen MR) is 108 cm³/mol. The molecule has 1 saturated heterocycles. The van der Waals surface area contributed by atoms with Gasteiger partial charge in [0.2, 0.25) is 5.95 Å². The van der Waals surface area contributed by atoms with Crippen molar-refractivity contribution in [2.75, 3.05) is 23.3 Å². The van der Waals surface area contributed by atoms with Gasteiger partial charge >= 0.3 is 0 Å². The Morgan fingerprint density at radius 3 is 2.48 bits per heavy atom. The van der Waals surface area contributed by atoms with Crippen LogP contribution in [0.25, 0.3) is 0 Å². The summed E-state index contributed by atoms with van der Waals surface area (Å²) in [6, 6.07) is 9.08. The van der Waals surface area contributed by atoms with Gasteiger partial charge in [-0.2, -0.15) is 0 Å². The minimum absolute atomic E-state index is 0.116. The van der Waals surface area contributed by atoms with Crippen LogP contribution in [0.5, 0.6) is 5.75 Å². The molecule has 3 rings (SSSR count). The van der Waals surface area contributed by atoms with Crippen molar-refractivity contribution < 1.29 is 9.53 Å². The summed E-state index contributed by atoms with van der Waals surface area (Å²) < 4.78 is 5.63. The average Bonchev–Trinajstić information content (AvgIpc) is 2.63. The van der Waals surface area contributed by atoms with E-state index in [4.69, 9.17) is 4.74 Å². The largest absolute Gasteiger partial charge is 0.491 e. The Bertz CT molecular complexity index is 781. The molecular weight excluding hydrogens is 340 g/mol. The second-order valence-corrected chi connectivity index (χ2v) is 7.51. The lowest BCUT2D eigenvalue weighted by molar-refractivity contribution is 0.102. The fourth-order valence-corrected chi connectivity index (χ4v) is 3.10. The van der Waals surface area contributed by atoms with Crippen LogP contribution in [-0.4, -0.2) is 35.1 Å². The first kappa shape index (κ1) is 19.1. The van der Waals surface area contributed by atoms with Crippen LogP contribution < -0.4 is 15.0 Å². The number of benzene rings is 1. The molecule has 0 bridgehead atoms. The van der Waals surface area contributed by atoms with E-state index in [1.54, 1.807) is 6.07 Å². The smallest absolute Gasteiger partial charge is 0.274 e. The number of nitrogens with zero attached hydrogens (tertiary/aromatic N) is 3. The number of carbonyl (C=O) groups excluding carboxylic acids is 1. The molecule has 6 nitrogen and oxygen atoms in total. The van der Waals surface area contributed by atoms with Crippen molar-refractivity contribution in [3.8, 4) is 5.75 Å². The van der Waals surface area contributed by atoms with Gasteiger partial charge in [-0.1, -0.05) is 6.92 Å². The number of anilines is 2. The van der Waals surface area contributed by atoms with Crippen LogP contribution in [0.2, 0.25) is 0 Å². The first-order chi connectivity index (χ1) is 12.9. The minimum Gasteiger partial charge on any atom is -0.491 e. The Kier molecular flexibility index (Phi) is 5.94. The van der Waals surface area contributed by atoms with Crippen molar-refractivity contribution in [2.24, 2.45) is 5.92 Å². The van der Waals surface area contributed by atoms with E-state index in [1.165, 1.54) is 0 Å². The highest BCUT2D eigenvalue weighted by molar-refractivity contribution is 6.03. The Labute approximate surface area is 161 Å². The van der Waals surface area contributed by atoms with Crippen molar-refractivity contribution >= 4 is 17.5 Å². The van der Waals surface area contributed by atoms with E-state index in [0.717, 1.165) is 43.3 Å². The van der Waals surface area contributed by atoms with Crippen LogP contribution in [0.3, 0.4) is 0 Å². The quantitative estimate of drug-likeness (QED) is 0.862. The molecule has 1 aromatic heterocycles. The average molecular weight is 368 g/mol. The van der Waals surface area contributed by atoms with Gasteiger partial charge in [0.1, 0.15) is 11.4 Å². The zero-order chi connectivity index (χ0) is 19.4. The van der Waals surface area contributed by atoms with Gasteiger partial charge in [-0.25, -0.2) is 9.97 Å². The van der Waals surface area contributed by atoms with Crippen molar-refractivity contribution in [3.63, 3.8) is 0 Å². The van der Waals surface area contributed by atoms with Gasteiger partial charge in [-0.3, -0.25) is 4.79 Å². The van der Waals surface area contributed by atoms with E-state index in [2.05, 4.69) is 27.1 Å². The summed E-state index contributed by atoms with van der Waals surface area (Å²) >= 11 is 0. The summed E-state index contributed by atoms with van der Waals surface area (Å²) in [5.41, 5.74) is 1.89. The molecule has 2 aromatic rings. The van der Waals surface area contributed by atoms with Gasteiger partial charge in [-0.15, -0.1) is 0 Å². The summed E-state index contributed by atoms with van der Waals surface area (Å²) in [7, 11) is 0. The molecule has 1 amide bonds. The molecule has 0 radical (unpaired) electrons. The molecule has 6 heteroatoms. The molecule has 0 saturated carbocycles. The molecule has 144 valence electrons. The third-order valence-corrected chi connectivity index (χ3v) is 4.63. The van der Waals surface area contributed by atoms with E-state index in [1.807, 2.05) is 45.0 Å². The molecule has 2 heterocycles. The molecule has 0 atom stereocenters. The minimum atomic E-state index is -0.232. The number of carbonyl (C=O) groups is 1. The van der Waals surface area contributed by atoms with Gasteiger partial charge in [0, 0.05) is 24.5 Å². The van der Waals surface area contributed by atoms with E-state index in [0.29, 0.717) is 17.3 Å². The Morgan fingerprint density at radius 2 is 1.85 bits per heavy atom. The highest BCUT2D eigenvalue weighted by Gasteiger charge is 2.20. The lowest BCUT2D eigenvalue weighted by atomic mass is 10.00. The molecule has 1 aliphatic heterocycles. The first-order valence-electron chi connectivity index (χ1n) is 9.59. The van der Waals surface area contributed by atoms with Crippen LogP contribution in [0.15, 0.2) is 30.3 Å². The number of rotatable bonds is 5. The molecule has 0 spiro atoms. The molecule has 0 aliphatic carbocycles. The van der Waals surface area contributed by atoms with E-state index >= 15 is 0 Å². The molecular formula is C21H28N4O2. The maximum absolute atomic E-state index is 12.7. The topological polar surface area (TPSA) is 67.3 Å². The standard InChI is InChI=1S/C21H28N4O2/c1-14(2)27-18-7-5-17(6-8-18)23-20(26)19-13-16(4)22-21(24-19)25-11-9-15(3)10-12-25/h5-8,13-15H,9-12H2,1-4H3,(H,23,26). The van der Waals surface area contributed by atoms with Gasteiger partial charge in [0.25, 0.3) is 5.91 Å². The van der Waals surface area contributed by atoms with E-state index in [9.17, 15) is 4.79 Å². The lowest BCUT2D eigenvalue weighted by Gasteiger charge is -2.30. The summed E-state index contributed by atoms with van der Waals surface area (Å²) in [5.74, 6) is 1.93. The second-order valence-electron chi connectivity index (χ2n) is 7.51. The Morgan fingerprint density at radius 1 is 1.19 bits per heavy atom. The number of ether oxygens (including phenoxy) is 1. The van der Waals surface area contributed by atoms with Crippen molar-refractivity contribution in [1.29, 1.82) is 0 Å². The highest BCUT2D eigenvalue weighted by atomic mass is 16.5. The van der Waals surface area contributed by atoms with Crippen molar-refractivity contribution in [1.82, 2.24) is 9.97 Å². The first-order valence-corrected chi connectivity index (χ1v) is 9.59. The fraction of sp³-hybridized carbons (Fsp3) is 0.476. The number of aromatic nitrogens is 2. The zero-order valence-corrected chi connectivity index (χ0v) is 16.5. The monoisotopic (exact) mass is 368 g/mol.